The number of aromatic nitrogens is 2. The number of carbonyl (C=O) groups is 1. The van der Waals surface area contributed by atoms with Crippen LogP contribution >= 0.6 is 11.3 Å². The summed E-state index contributed by atoms with van der Waals surface area (Å²) in [6, 6.07) is 15.8. The summed E-state index contributed by atoms with van der Waals surface area (Å²) in [4.78, 5) is 21.8. The molecule has 0 spiro atoms. The summed E-state index contributed by atoms with van der Waals surface area (Å²) >= 11 is 1.37. The molecule has 1 unspecified atom stereocenters. The van der Waals surface area contributed by atoms with Crippen LogP contribution in [0.4, 0.5) is 0 Å². The van der Waals surface area contributed by atoms with Gasteiger partial charge in [0, 0.05) is 19.3 Å². The van der Waals surface area contributed by atoms with Gasteiger partial charge in [0.1, 0.15) is 9.88 Å². The molecule has 6 heteroatoms. The van der Waals surface area contributed by atoms with Gasteiger partial charge in [-0.25, -0.2) is 4.98 Å². The molecule has 1 atom stereocenters. The van der Waals surface area contributed by atoms with Gasteiger partial charge in [-0.05, 0) is 38.0 Å². The summed E-state index contributed by atoms with van der Waals surface area (Å²) in [5.41, 5.74) is 2.67. The highest BCUT2D eigenvalue weighted by Gasteiger charge is 2.16. The van der Waals surface area contributed by atoms with Crippen LogP contribution in [-0.2, 0) is 4.74 Å². The number of hydrogen-bond donors (Lipinski definition) is 1. The van der Waals surface area contributed by atoms with Crippen molar-refractivity contribution in [2.45, 2.75) is 26.4 Å². The maximum atomic E-state index is 12.4. The van der Waals surface area contributed by atoms with E-state index in [1.807, 2.05) is 50.2 Å². The second-order valence-corrected chi connectivity index (χ2v) is 7.18. The van der Waals surface area contributed by atoms with E-state index in [9.17, 15) is 4.79 Å². The average molecular weight is 382 g/mol. The van der Waals surface area contributed by atoms with Gasteiger partial charge >= 0.3 is 0 Å². The van der Waals surface area contributed by atoms with Gasteiger partial charge in [0.15, 0.2) is 0 Å². The Morgan fingerprint density at radius 2 is 1.96 bits per heavy atom. The second-order valence-electron chi connectivity index (χ2n) is 6.18. The molecular weight excluding hydrogens is 358 g/mol. The number of rotatable bonds is 8. The number of pyridine rings is 1. The van der Waals surface area contributed by atoms with Gasteiger partial charge in [0.25, 0.3) is 5.91 Å². The van der Waals surface area contributed by atoms with Crippen molar-refractivity contribution in [1.29, 1.82) is 0 Å². The van der Waals surface area contributed by atoms with Crippen LogP contribution in [0.15, 0.2) is 54.7 Å². The molecule has 0 aliphatic rings. The van der Waals surface area contributed by atoms with Crippen molar-refractivity contribution >= 4 is 17.2 Å². The number of thiazole rings is 1. The van der Waals surface area contributed by atoms with Crippen LogP contribution in [-0.4, -0.2) is 29.0 Å². The van der Waals surface area contributed by atoms with E-state index in [1.165, 1.54) is 11.3 Å². The zero-order chi connectivity index (χ0) is 19.1. The Bertz CT molecular complexity index is 866. The number of nitrogens with zero attached hydrogens (tertiary/aromatic N) is 2. The third-order valence-electron chi connectivity index (χ3n) is 4.13. The van der Waals surface area contributed by atoms with E-state index in [0.717, 1.165) is 28.4 Å². The summed E-state index contributed by atoms with van der Waals surface area (Å²) in [6.45, 7) is 5.05. The average Bonchev–Trinajstić information content (AvgIpc) is 3.10. The van der Waals surface area contributed by atoms with Crippen molar-refractivity contribution in [3.05, 3.63) is 70.9 Å². The monoisotopic (exact) mass is 381 g/mol. The summed E-state index contributed by atoms with van der Waals surface area (Å²) in [7, 11) is 0. The van der Waals surface area contributed by atoms with Crippen molar-refractivity contribution in [3.63, 3.8) is 0 Å². The molecule has 0 aliphatic carbocycles. The fraction of sp³-hybridized carbons (Fsp3) is 0.286. The molecule has 3 rings (SSSR count). The number of ether oxygens (including phenoxy) is 1. The number of hydrogen-bond acceptors (Lipinski definition) is 5. The molecule has 140 valence electrons. The Kier molecular flexibility index (Phi) is 6.68. The Morgan fingerprint density at radius 3 is 2.70 bits per heavy atom. The minimum Gasteiger partial charge on any atom is -0.374 e. The van der Waals surface area contributed by atoms with E-state index in [4.69, 9.17) is 4.74 Å². The second kappa shape index (κ2) is 9.39. The van der Waals surface area contributed by atoms with Gasteiger partial charge < -0.3 is 10.1 Å². The maximum Gasteiger partial charge on any atom is 0.263 e. The largest absolute Gasteiger partial charge is 0.374 e. The molecule has 27 heavy (non-hydrogen) atoms. The predicted octanol–water partition coefficient (Wildman–Crippen LogP) is 4.41. The topological polar surface area (TPSA) is 64.1 Å². The lowest BCUT2D eigenvalue weighted by Crippen LogP contribution is -2.25. The lowest BCUT2D eigenvalue weighted by Gasteiger charge is -2.13. The van der Waals surface area contributed by atoms with Gasteiger partial charge in [0.2, 0.25) is 0 Å². The third-order valence-corrected chi connectivity index (χ3v) is 5.31. The highest BCUT2D eigenvalue weighted by atomic mass is 32.1. The van der Waals surface area contributed by atoms with Crippen LogP contribution in [0.1, 0.15) is 40.4 Å². The number of aryl methyl sites for hydroxylation is 1. The zero-order valence-corrected chi connectivity index (χ0v) is 16.3. The molecule has 2 heterocycles. The molecule has 5 nitrogen and oxygen atoms in total. The van der Waals surface area contributed by atoms with Crippen molar-refractivity contribution in [2.24, 2.45) is 0 Å². The lowest BCUT2D eigenvalue weighted by atomic mass is 10.1. The molecule has 0 fully saturated rings. The molecular formula is C21H23N3O2S. The minimum absolute atomic E-state index is 0.0478. The van der Waals surface area contributed by atoms with Crippen molar-refractivity contribution in [2.75, 3.05) is 13.2 Å². The van der Waals surface area contributed by atoms with Gasteiger partial charge in [-0.2, -0.15) is 0 Å². The van der Waals surface area contributed by atoms with E-state index >= 15 is 0 Å². The molecule has 1 amide bonds. The van der Waals surface area contributed by atoms with Gasteiger partial charge in [-0.1, -0.05) is 36.4 Å². The van der Waals surface area contributed by atoms with E-state index in [1.54, 1.807) is 6.20 Å². The Hall–Kier alpha value is -2.57. The first-order valence-corrected chi connectivity index (χ1v) is 9.80. The van der Waals surface area contributed by atoms with Crippen LogP contribution in [0.5, 0.6) is 0 Å². The first-order valence-electron chi connectivity index (χ1n) is 8.98. The molecule has 0 saturated carbocycles. The molecule has 0 bridgehead atoms. The Balaban J connectivity index is 1.45. The van der Waals surface area contributed by atoms with Gasteiger partial charge in [0.05, 0.1) is 17.5 Å². The summed E-state index contributed by atoms with van der Waals surface area (Å²) in [5, 5.41) is 3.71. The normalized spacial score (nSPS) is 11.9. The predicted molar refractivity (Wildman–Crippen MR) is 108 cm³/mol. The van der Waals surface area contributed by atoms with Crippen molar-refractivity contribution in [3.8, 4) is 10.7 Å². The molecule has 0 radical (unpaired) electrons. The SMILES string of the molecule is Cc1nc(-c2ccccn2)sc1C(=O)NCCCOC(C)c1ccccc1. The summed E-state index contributed by atoms with van der Waals surface area (Å²) in [5.74, 6) is -0.0942. The van der Waals surface area contributed by atoms with Crippen LogP contribution < -0.4 is 5.32 Å². The van der Waals surface area contributed by atoms with Crippen LogP contribution in [0.2, 0.25) is 0 Å². The smallest absolute Gasteiger partial charge is 0.263 e. The highest BCUT2D eigenvalue weighted by Crippen LogP contribution is 2.26. The number of carbonyl (C=O) groups excluding carboxylic acids is 1. The van der Waals surface area contributed by atoms with Crippen LogP contribution in [0.3, 0.4) is 0 Å². The first-order chi connectivity index (χ1) is 13.1. The number of nitrogens with one attached hydrogen (secondary N) is 1. The van der Waals surface area contributed by atoms with Gasteiger partial charge in [-0.15, -0.1) is 11.3 Å². The molecule has 2 aromatic heterocycles. The first kappa shape index (κ1) is 19.2. The highest BCUT2D eigenvalue weighted by molar-refractivity contribution is 7.17. The van der Waals surface area contributed by atoms with Crippen molar-refractivity contribution < 1.29 is 9.53 Å². The minimum atomic E-state index is -0.0942. The molecule has 1 N–H and O–H groups in total. The van der Waals surface area contributed by atoms with Crippen LogP contribution in [0, 0.1) is 6.92 Å². The maximum absolute atomic E-state index is 12.4. The quantitative estimate of drug-likeness (QED) is 0.587. The number of amides is 1. The van der Waals surface area contributed by atoms with E-state index in [-0.39, 0.29) is 12.0 Å². The molecule has 1 aromatic carbocycles. The Labute approximate surface area is 163 Å². The fourth-order valence-corrected chi connectivity index (χ4v) is 3.60. The molecule has 0 aliphatic heterocycles. The number of benzene rings is 1. The zero-order valence-electron chi connectivity index (χ0n) is 15.5. The Morgan fingerprint density at radius 1 is 1.19 bits per heavy atom. The molecule has 3 aromatic rings. The summed E-state index contributed by atoms with van der Waals surface area (Å²) in [6.07, 6.45) is 2.53. The van der Waals surface area contributed by atoms with Crippen molar-refractivity contribution in [1.82, 2.24) is 15.3 Å². The van der Waals surface area contributed by atoms with Gasteiger partial charge in [-0.3, -0.25) is 9.78 Å². The fourth-order valence-electron chi connectivity index (χ4n) is 2.64. The summed E-state index contributed by atoms with van der Waals surface area (Å²) < 4.78 is 5.83. The van der Waals surface area contributed by atoms with Crippen LogP contribution in [0.25, 0.3) is 10.7 Å². The molecule has 0 saturated heterocycles. The van der Waals surface area contributed by atoms with E-state index < -0.39 is 0 Å². The standard InChI is InChI=1S/C21H23N3O2S/c1-15-19(27-21(24-15)18-11-6-7-12-22-18)20(25)23-13-8-14-26-16(2)17-9-4-3-5-10-17/h3-7,9-12,16H,8,13-14H2,1-2H3,(H,23,25). The third kappa shape index (κ3) is 5.21. The van der Waals surface area contributed by atoms with E-state index in [0.29, 0.717) is 18.0 Å². The lowest BCUT2D eigenvalue weighted by molar-refractivity contribution is 0.0635. The van der Waals surface area contributed by atoms with E-state index in [2.05, 4.69) is 27.4 Å².